The van der Waals surface area contributed by atoms with Gasteiger partial charge in [-0.25, -0.2) is 0 Å². The second-order valence-electron chi connectivity index (χ2n) is 6.34. The first kappa shape index (κ1) is 13.4. The SMILES string of the molecule is CC(OC(C)C1CCCCC1)C1CCCCC1. The minimum absolute atomic E-state index is 0.493. The fraction of sp³-hybridized carbons (Fsp3) is 1.00. The molecular formula is C16H30O. The molecule has 2 unspecified atom stereocenters. The Morgan fingerprint density at radius 3 is 1.35 bits per heavy atom. The largest absolute Gasteiger partial charge is 0.375 e. The van der Waals surface area contributed by atoms with Gasteiger partial charge in [-0.05, 0) is 51.4 Å². The maximum atomic E-state index is 6.33. The van der Waals surface area contributed by atoms with Crippen molar-refractivity contribution in [1.29, 1.82) is 0 Å². The third kappa shape index (κ3) is 3.98. The van der Waals surface area contributed by atoms with Gasteiger partial charge in [0.15, 0.2) is 0 Å². The van der Waals surface area contributed by atoms with Gasteiger partial charge in [0.1, 0.15) is 0 Å². The molecule has 2 rings (SSSR count). The fourth-order valence-electron chi connectivity index (χ4n) is 3.77. The van der Waals surface area contributed by atoms with Crippen molar-refractivity contribution >= 4 is 0 Å². The summed E-state index contributed by atoms with van der Waals surface area (Å²) in [6.45, 7) is 4.63. The average molecular weight is 238 g/mol. The minimum atomic E-state index is 0.493. The quantitative estimate of drug-likeness (QED) is 0.674. The van der Waals surface area contributed by atoms with Crippen LogP contribution in [0, 0.1) is 11.8 Å². The molecule has 1 heteroatoms. The maximum absolute atomic E-state index is 6.33. The van der Waals surface area contributed by atoms with Crippen LogP contribution in [0.1, 0.15) is 78.1 Å². The first-order valence-electron chi connectivity index (χ1n) is 7.93. The lowest BCUT2D eigenvalue weighted by Crippen LogP contribution is -2.31. The van der Waals surface area contributed by atoms with E-state index < -0.39 is 0 Å². The monoisotopic (exact) mass is 238 g/mol. The normalized spacial score (nSPS) is 27.9. The highest BCUT2D eigenvalue weighted by molar-refractivity contribution is 4.76. The molecule has 2 aliphatic carbocycles. The zero-order chi connectivity index (χ0) is 12.1. The summed E-state index contributed by atoms with van der Waals surface area (Å²) < 4.78 is 6.33. The van der Waals surface area contributed by atoms with Crippen molar-refractivity contribution in [3.63, 3.8) is 0 Å². The minimum Gasteiger partial charge on any atom is -0.375 e. The van der Waals surface area contributed by atoms with Crippen molar-refractivity contribution in [3.8, 4) is 0 Å². The van der Waals surface area contributed by atoms with Crippen LogP contribution in [-0.2, 0) is 4.74 Å². The third-order valence-electron chi connectivity index (χ3n) is 5.06. The van der Waals surface area contributed by atoms with Crippen molar-refractivity contribution < 1.29 is 4.74 Å². The van der Waals surface area contributed by atoms with E-state index in [2.05, 4.69) is 13.8 Å². The summed E-state index contributed by atoms with van der Waals surface area (Å²) in [5.41, 5.74) is 0. The van der Waals surface area contributed by atoms with E-state index in [4.69, 9.17) is 4.74 Å². The van der Waals surface area contributed by atoms with Gasteiger partial charge in [-0.3, -0.25) is 0 Å². The van der Waals surface area contributed by atoms with Gasteiger partial charge in [0.2, 0.25) is 0 Å². The van der Waals surface area contributed by atoms with E-state index in [9.17, 15) is 0 Å². The second kappa shape index (κ2) is 6.78. The molecule has 17 heavy (non-hydrogen) atoms. The number of ether oxygens (including phenoxy) is 1. The van der Waals surface area contributed by atoms with Crippen molar-refractivity contribution in [2.75, 3.05) is 0 Å². The van der Waals surface area contributed by atoms with Crippen LogP contribution in [-0.4, -0.2) is 12.2 Å². The van der Waals surface area contributed by atoms with Gasteiger partial charge >= 0.3 is 0 Å². The molecule has 0 heterocycles. The lowest BCUT2D eigenvalue weighted by Gasteiger charge is -2.34. The zero-order valence-electron chi connectivity index (χ0n) is 11.8. The van der Waals surface area contributed by atoms with E-state index in [1.54, 1.807) is 0 Å². The predicted octanol–water partition coefficient (Wildman–Crippen LogP) is 4.94. The zero-order valence-corrected chi connectivity index (χ0v) is 11.8. The number of hydrogen-bond acceptors (Lipinski definition) is 1. The van der Waals surface area contributed by atoms with E-state index in [1.165, 1.54) is 64.2 Å². The van der Waals surface area contributed by atoms with Crippen molar-refractivity contribution in [3.05, 3.63) is 0 Å². The van der Waals surface area contributed by atoms with Gasteiger partial charge in [-0.1, -0.05) is 38.5 Å². The van der Waals surface area contributed by atoms with Crippen molar-refractivity contribution in [2.24, 2.45) is 11.8 Å². The van der Waals surface area contributed by atoms with Gasteiger partial charge in [0, 0.05) is 0 Å². The van der Waals surface area contributed by atoms with Crippen LogP contribution in [0.25, 0.3) is 0 Å². The highest BCUT2D eigenvalue weighted by Gasteiger charge is 2.26. The van der Waals surface area contributed by atoms with Crippen LogP contribution in [0.3, 0.4) is 0 Å². The second-order valence-corrected chi connectivity index (χ2v) is 6.34. The van der Waals surface area contributed by atoms with Crippen molar-refractivity contribution in [1.82, 2.24) is 0 Å². The summed E-state index contributed by atoms with van der Waals surface area (Å²) in [4.78, 5) is 0. The maximum Gasteiger partial charge on any atom is 0.0578 e. The molecule has 0 bridgehead atoms. The number of rotatable bonds is 4. The Balaban J connectivity index is 1.74. The molecule has 2 fully saturated rings. The summed E-state index contributed by atoms with van der Waals surface area (Å²) in [5, 5.41) is 0. The van der Waals surface area contributed by atoms with Gasteiger partial charge in [-0.2, -0.15) is 0 Å². The molecule has 0 aromatic carbocycles. The summed E-state index contributed by atoms with van der Waals surface area (Å²) in [7, 11) is 0. The first-order valence-corrected chi connectivity index (χ1v) is 7.93. The van der Waals surface area contributed by atoms with Gasteiger partial charge in [0.05, 0.1) is 12.2 Å². The molecule has 0 amide bonds. The van der Waals surface area contributed by atoms with Crippen LogP contribution >= 0.6 is 0 Å². The lowest BCUT2D eigenvalue weighted by atomic mass is 9.84. The summed E-state index contributed by atoms with van der Waals surface area (Å²) in [6.07, 6.45) is 15.2. The molecular weight excluding hydrogens is 208 g/mol. The van der Waals surface area contributed by atoms with E-state index in [0.29, 0.717) is 12.2 Å². The molecule has 0 N–H and O–H groups in total. The van der Waals surface area contributed by atoms with E-state index in [0.717, 1.165) is 11.8 Å². The Hall–Kier alpha value is -0.0400. The average Bonchev–Trinajstić information content (AvgIpc) is 2.40. The van der Waals surface area contributed by atoms with Crippen LogP contribution in [0.15, 0.2) is 0 Å². The number of hydrogen-bond donors (Lipinski definition) is 0. The molecule has 2 saturated carbocycles. The third-order valence-corrected chi connectivity index (χ3v) is 5.06. The van der Waals surface area contributed by atoms with E-state index in [-0.39, 0.29) is 0 Å². The highest BCUT2D eigenvalue weighted by atomic mass is 16.5. The Morgan fingerprint density at radius 2 is 1.00 bits per heavy atom. The molecule has 0 radical (unpaired) electrons. The molecule has 2 atom stereocenters. The highest BCUT2D eigenvalue weighted by Crippen LogP contribution is 2.32. The standard InChI is InChI=1S/C16H30O/c1-13(15-9-5-3-6-10-15)17-14(2)16-11-7-4-8-12-16/h13-16H,3-12H2,1-2H3. The van der Waals surface area contributed by atoms with Crippen LogP contribution < -0.4 is 0 Å². The van der Waals surface area contributed by atoms with Crippen LogP contribution in [0.2, 0.25) is 0 Å². The molecule has 0 aromatic heterocycles. The van der Waals surface area contributed by atoms with Crippen LogP contribution in [0.4, 0.5) is 0 Å². The van der Waals surface area contributed by atoms with Crippen LogP contribution in [0.5, 0.6) is 0 Å². The topological polar surface area (TPSA) is 9.23 Å². The van der Waals surface area contributed by atoms with Gasteiger partial charge in [-0.15, -0.1) is 0 Å². The van der Waals surface area contributed by atoms with Gasteiger partial charge in [0.25, 0.3) is 0 Å². The summed E-state index contributed by atoms with van der Waals surface area (Å²) in [5.74, 6) is 1.68. The Labute approximate surface area is 107 Å². The van der Waals surface area contributed by atoms with E-state index >= 15 is 0 Å². The summed E-state index contributed by atoms with van der Waals surface area (Å²) >= 11 is 0. The Bertz CT molecular complexity index is 180. The molecule has 0 saturated heterocycles. The predicted molar refractivity (Wildman–Crippen MR) is 73.2 cm³/mol. The fourth-order valence-corrected chi connectivity index (χ4v) is 3.77. The Kier molecular flexibility index (Phi) is 5.34. The van der Waals surface area contributed by atoms with Gasteiger partial charge < -0.3 is 4.74 Å². The molecule has 2 aliphatic rings. The molecule has 0 aliphatic heterocycles. The molecule has 1 nitrogen and oxygen atoms in total. The lowest BCUT2D eigenvalue weighted by molar-refractivity contribution is -0.0633. The summed E-state index contributed by atoms with van der Waals surface area (Å²) in [6, 6.07) is 0. The van der Waals surface area contributed by atoms with E-state index in [1.807, 2.05) is 0 Å². The first-order chi connectivity index (χ1) is 8.27. The smallest absolute Gasteiger partial charge is 0.0578 e. The molecule has 0 spiro atoms. The van der Waals surface area contributed by atoms with Crippen molar-refractivity contribution in [2.45, 2.75) is 90.3 Å². The molecule has 100 valence electrons. The molecule has 0 aromatic rings. The Morgan fingerprint density at radius 1 is 0.647 bits per heavy atom.